The van der Waals surface area contributed by atoms with Gasteiger partial charge in [-0.2, -0.15) is 0 Å². The number of hydrogen-bond acceptors (Lipinski definition) is 4. The average Bonchev–Trinajstić information content (AvgIpc) is 2.64. The van der Waals surface area contributed by atoms with Crippen molar-refractivity contribution in [2.75, 3.05) is 6.61 Å². The Morgan fingerprint density at radius 3 is 2.87 bits per heavy atom. The molecule has 4 heteroatoms. The van der Waals surface area contributed by atoms with Crippen LogP contribution in [-0.4, -0.2) is 17.7 Å². The summed E-state index contributed by atoms with van der Waals surface area (Å²) < 4.78 is 9.98. The molecule has 0 saturated heterocycles. The molecule has 0 unspecified atom stereocenters. The zero-order valence-corrected chi connectivity index (χ0v) is 9.03. The maximum atomic E-state index is 11.3. The minimum atomic E-state index is -1.31. The van der Waals surface area contributed by atoms with E-state index in [0.717, 1.165) is 12.8 Å². The van der Waals surface area contributed by atoms with E-state index in [-0.39, 0.29) is 5.76 Å². The lowest BCUT2D eigenvalue weighted by atomic mass is 10.3. The Labute approximate surface area is 88.8 Å². The van der Waals surface area contributed by atoms with Gasteiger partial charge in [0.25, 0.3) is 0 Å². The van der Waals surface area contributed by atoms with E-state index in [0.29, 0.717) is 12.4 Å². The second-order valence-electron chi connectivity index (χ2n) is 3.37. The molecule has 1 heterocycles. The highest BCUT2D eigenvalue weighted by atomic mass is 16.5. The highest BCUT2D eigenvalue weighted by molar-refractivity contribution is 5.75. The SMILES string of the molecule is CCCCOC(=O)[C@H](O)c1ccc(C)o1. The van der Waals surface area contributed by atoms with E-state index in [4.69, 9.17) is 9.15 Å². The lowest BCUT2D eigenvalue weighted by Crippen LogP contribution is -2.15. The summed E-state index contributed by atoms with van der Waals surface area (Å²) >= 11 is 0. The predicted molar refractivity (Wildman–Crippen MR) is 54.3 cm³/mol. The molecule has 1 aromatic heterocycles. The fraction of sp³-hybridized carbons (Fsp3) is 0.545. The standard InChI is InChI=1S/C11H16O4/c1-3-4-7-14-11(13)10(12)9-6-5-8(2)15-9/h5-6,10,12H,3-4,7H2,1-2H3/t10-/m1/s1. The summed E-state index contributed by atoms with van der Waals surface area (Å²) in [5.74, 6) is 0.234. The number of aliphatic hydroxyl groups excluding tert-OH is 1. The van der Waals surface area contributed by atoms with Gasteiger partial charge in [0.1, 0.15) is 11.5 Å². The highest BCUT2D eigenvalue weighted by Gasteiger charge is 2.21. The number of hydrogen-bond donors (Lipinski definition) is 1. The van der Waals surface area contributed by atoms with Gasteiger partial charge in [-0.05, 0) is 25.5 Å². The number of rotatable bonds is 5. The predicted octanol–water partition coefficient (Wildman–Crippen LogP) is 1.96. The lowest BCUT2D eigenvalue weighted by molar-refractivity contribution is -0.155. The largest absolute Gasteiger partial charge is 0.463 e. The van der Waals surface area contributed by atoms with Crippen LogP contribution in [0.3, 0.4) is 0 Å². The second kappa shape index (κ2) is 5.56. The van der Waals surface area contributed by atoms with Crippen molar-refractivity contribution in [3.8, 4) is 0 Å². The molecule has 1 rings (SSSR count). The number of aliphatic hydroxyl groups is 1. The summed E-state index contributed by atoms with van der Waals surface area (Å²) in [6, 6.07) is 3.26. The summed E-state index contributed by atoms with van der Waals surface area (Å²) in [4.78, 5) is 11.3. The minimum Gasteiger partial charge on any atom is -0.463 e. The van der Waals surface area contributed by atoms with Crippen molar-refractivity contribution in [1.82, 2.24) is 0 Å². The Morgan fingerprint density at radius 2 is 2.33 bits per heavy atom. The molecule has 84 valence electrons. The molecule has 0 amide bonds. The van der Waals surface area contributed by atoms with Crippen LogP contribution >= 0.6 is 0 Å². The Morgan fingerprint density at radius 1 is 1.60 bits per heavy atom. The van der Waals surface area contributed by atoms with E-state index in [1.165, 1.54) is 0 Å². The molecule has 0 spiro atoms. The van der Waals surface area contributed by atoms with Gasteiger partial charge in [-0.1, -0.05) is 13.3 Å². The summed E-state index contributed by atoms with van der Waals surface area (Å²) in [5, 5.41) is 9.53. The van der Waals surface area contributed by atoms with Crippen molar-refractivity contribution < 1.29 is 19.1 Å². The summed E-state index contributed by atoms with van der Waals surface area (Å²) in [5.41, 5.74) is 0. The van der Waals surface area contributed by atoms with Crippen molar-refractivity contribution in [1.29, 1.82) is 0 Å². The first-order chi connectivity index (χ1) is 7.15. The number of esters is 1. The number of furan rings is 1. The van der Waals surface area contributed by atoms with Crippen LogP contribution < -0.4 is 0 Å². The van der Waals surface area contributed by atoms with E-state index in [1.807, 2.05) is 6.92 Å². The number of carbonyl (C=O) groups excluding carboxylic acids is 1. The molecular weight excluding hydrogens is 196 g/mol. The van der Waals surface area contributed by atoms with Crippen molar-refractivity contribution in [3.05, 3.63) is 23.7 Å². The van der Waals surface area contributed by atoms with E-state index < -0.39 is 12.1 Å². The summed E-state index contributed by atoms with van der Waals surface area (Å²) in [6.45, 7) is 4.09. The average molecular weight is 212 g/mol. The molecule has 4 nitrogen and oxygen atoms in total. The van der Waals surface area contributed by atoms with Gasteiger partial charge in [0, 0.05) is 0 Å². The topological polar surface area (TPSA) is 59.7 Å². The van der Waals surface area contributed by atoms with Crippen molar-refractivity contribution >= 4 is 5.97 Å². The minimum absolute atomic E-state index is 0.231. The van der Waals surface area contributed by atoms with Crippen LogP contribution in [0.2, 0.25) is 0 Å². The molecule has 0 aliphatic heterocycles. The van der Waals surface area contributed by atoms with Crippen molar-refractivity contribution in [3.63, 3.8) is 0 Å². The summed E-state index contributed by atoms with van der Waals surface area (Å²) in [6.07, 6.45) is 0.439. The molecule has 0 radical (unpaired) electrons. The first-order valence-electron chi connectivity index (χ1n) is 5.06. The van der Waals surface area contributed by atoms with Gasteiger partial charge in [-0.3, -0.25) is 0 Å². The van der Waals surface area contributed by atoms with E-state index >= 15 is 0 Å². The zero-order chi connectivity index (χ0) is 11.3. The van der Waals surface area contributed by atoms with Gasteiger partial charge in [-0.25, -0.2) is 4.79 Å². The van der Waals surface area contributed by atoms with E-state index in [2.05, 4.69) is 0 Å². The fourth-order valence-corrected chi connectivity index (χ4v) is 1.11. The molecule has 0 aliphatic rings. The van der Waals surface area contributed by atoms with Crippen LogP contribution in [0.5, 0.6) is 0 Å². The van der Waals surface area contributed by atoms with Crippen molar-refractivity contribution in [2.45, 2.75) is 32.8 Å². The van der Waals surface area contributed by atoms with Gasteiger partial charge >= 0.3 is 5.97 Å². The van der Waals surface area contributed by atoms with Crippen LogP contribution in [0.25, 0.3) is 0 Å². The van der Waals surface area contributed by atoms with Gasteiger partial charge in [0.05, 0.1) is 6.61 Å². The van der Waals surface area contributed by atoms with E-state index in [1.54, 1.807) is 19.1 Å². The van der Waals surface area contributed by atoms with Crippen LogP contribution in [0, 0.1) is 6.92 Å². The van der Waals surface area contributed by atoms with E-state index in [9.17, 15) is 9.90 Å². The van der Waals surface area contributed by atoms with Gasteiger partial charge < -0.3 is 14.3 Å². The second-order valence-corrected chi connectivity index (χ2v) is 3.37. The zero-order valence-electron chi connectivity index (χ0n) is 9.03. The smallest absolute Gasteiger partial charge is 0.342 e. The summed E-state index contributed by atoms with van der Waals surface area (Å²) in [7, 11) is 0. The third-order valence-corrected chi connectivity index (χ3v) is 2.00. The maximum Gasteiger partial charge on any atom is 0.342 e. The van der Waals surface area contributed by atoms with Gasteiger partial charge in [-0.15, -0.1) is 0 Å². The third-order valence-electron chi connectivity index (χ3n) is 2.00. The first kappa shape index (κ1) is 11.8. The van der Waals surface area contributed by atoms with Gasteiger partial charge in [0.2, 0.25) is 6.10 Å². The molecular formula is C11H16O4. The molecule has 0 aromatic carbocycles. The Hall–Kier alpha value is -1.29. The molecule has 0 bridgehead atoms. The lowest BCUT2D eigenvalue weighted by Gasteiger charge is -2.07. The number of carbonyl (C=O) groups is 1. The molecule has 1 atom stereocenters. The van der Waals surface area contributed by atoms with Crippen LogP contribution in [0.15, 0.2) is 16.5 Å². The maximum absolute atomic E-state index is 11.3. The molecule has 0 fully saturated rings. The van der Waals surface area contributed by atoms with Crippen LogP contribution in [0.4, 0.5) is 0 Å². The highest BCUT2D eigenvalue weighted by Crippen LogP contribution is 2.17. The van der Waals surface area contributed by atoms with Crippen LogP contribution in [-0.2, 0) is 9.53 Å². The molecule has 0 aliphatic carbocycles. The number of ether oxygens (including phenoxy) is 1. The first-order valence-corrected chi connectivity index (χ1v) is 5.06. The molecule has 0 saturated carbocycles. The Bertz CT molecular complexity index is 316. The fourth-order valence-electron chi connectivity index (χ4n) is 1.11. The molecule has 1 N–H and O–H groups in total. The van der Waals surface area contributed by atoms with Crippen molar-refractivity contribution in [2.24, 2.45) is 0 Å². The van der Waals surface area contributed by atoms with Crippen LogP contribution in [0.1, 0.15) is 37.4 Å². The molecule has 1 aromatic rings. The third kappa shape index (κ3) is 3.40. The monoisotopic (exact) mass is 212 g/mol. The Kier molecular flexibility index (Phi) is 4.37. The Balaban J connectivity index is 2.46. The van der Waals surface area contributed by atoms with Gasteiger partial charge in [0.15, 0.2) is 0 Å². The normalized spacial score (nSPS) is 12.5. The quantitative estimate of drug-likeness (QED) is 0.598. The molecule has 15 heavy (non-hydrogen) atoms. The number of unbranched alkanes of at least 4 members (excludes halogenated alkanes) is 1. The number of aryl methyl sites for hydroxylation is 1.